The molecule has 1 fully saturated rings. The molecule has 3 unspecified atom stereocenters. The van der Waals surface area contributed by atoms with Crippen LogP contribution in [0.15, 0.2) is 30.5 Å². The number of nitrogens with one attached hydrogen (secondary N) is 2. The van der Waals surface area contributed by atoms with Crippen LogP contribution in [-0.2, 0) is 0 Å². The monoisotopic (exact) mass is 270 g/mol. The molecule has 2 aromatic rings. The van der Waals surface area contributed by atoms with Crippen LogP contribution in [0.25, 0.3) is 10.9 Å². The van der Waals surface area contributed by atoms with Gasteiger partial charge in [-0.05, 0) is 55.4 Å². The lowest BCUT2D eigenvalue weighted by atomic mass is 9.80. The molecule has 3 atom stereocenters. The number of aromatic nitrogens is 1. The van der Waals surface area contributed by atoms with Crippen molar-refractivity contribution in [3.63, 3.8) is 0 Å². The molecule has 0 spiro atoms. The molecule has 1 amide bonds. The number of hydrogen-bond acceptors (Lipinski definition) is 1. The first-order chi connectivity index (χ1) is 9.63. The van der Waals surface area contributed by atoms with Crippen molar-refractivity contribution in [1.82, 2.24) is 10.3 Å². The average Bonchev–Trinajstić information content (AvgIpc) is 2.89. The van der Waals surface area contributed by atoms with Crippen molar-refractivity contribution < 1.29 is 4.79 Å². The van der Waals surface area contributed by atoms with E-state index in [0.717, 1.165) is 28.8 Å². The molecule has 1 saturated carbocycles. The summed E-state index contributed by atoms with van der Waals surface area (Å²) in [5.41, 5.74) is 1.82. The Morgan fingerprint density at radius 1 is 1.25 bits per heavy atom. The van der Waals surface area contributed by atoms with Crippen LogP contribution in [0.5, 0.6) is 0 Å². The van der Waals surface area contributed by atoms with Crippen LogP contribution in [0, 0.1) is 11.8 Å². The standard InChI is InChI=1S/C17H22N2O/c1-11-3-5-15(12(2)9-11)19-17(20)14-4-6-16-13(10-14)7-8-18-16/h4,6-8,10-12,15,18H,3,5,9H2,1-2H3,(H,19,20). The highest BCUT2D eigenvalue weighted by Gasteiger charge is 2.26. The van der Waals surface area contributed by atoms with Gasteiger partial charge in [0, 0.05) is 28.7 Å². The zero-order valence-electron chi connectivity index (χ0n) is 12.1. The molecule has 106 valence electrons. The van der Waals surface area contributed by atoms with Gasteiger partial charge in [0.25, 0.3) is 5.91 Å². The third-order valence-corrected chi connectivity index (χ3v) is 4.56. The van der Waals surface area contributed by atoms with Crippen LogP contribution < -0.4 is 5.32 Å². The highest BCUT2D eigenvalue weighted by Crippen LogP contribution is 2.28. The first-order valence-corrected chi connectivity index (χ1v) is 7.51. The van der Waals surface area contributed by atoms with Crippen LogP contribution in [0.4, 0.5) is 0 Å². The van der Waals surface area contributed by atoms with E-state index in [9.17, 15) is 4.79 Å². The quantitative estimate of drug-likeness (QED) is 0.858. The van der Waals surface area contributed by atoms with Crippen molar-refractivity contribution in [1.29, 1.82) is 0 Å². The maximum atomic E-state index is 12.4. The number of aromatic amines is 1. The number of fused-ring (bicyclic) bond motifs is 1. The van der Waals surface area contributed by atoms with Crippen LogP contribution in [-0.4, -0.2) is 16.9 Å². The minimum absolute atomic E-state index is 0.0551. The molecule has 1 aromatic heterocycles. The molecule has 0 bridgehead atoms. The molecule has 0 aliphatic heterocycles. The van der Waals surface area contributed by atoms with Crippen LogP contribution in [0.1, 0.15) is 43.5 Å². The number of H-pyrrole nitrogens is 1. The molecular formula is C17H22N2O. The third kappa shape index (κ3) is 2.58. The highest BCUT2D eigenvalue weighted by atomic mass is 16.1. The molecular weight excluding hydrogens is 248 g/mol. The first kappa shape index (κ1) is 13.2. The summed E-state index contributed by atoms with van der Waals surface area (Å²) in [5, 5.41) is 4.30. The van der Waals surface area contributed by atoms with Crippen molar-refractivity contribution in [2.24, 2.45) is 11.8 Å². The van der Waals surface area contributed by atoms with Gasteiger partial charge in [0.05, 0.1) is 0 Å². The molecule has 2 N–H and O–H groups in total. The molecule has 1 heterocycles. The zero-order chi connectivity index (χ0) is 14.1. The van der Waals surface area contributed by atoms with Crippen molar-refractivity contribution >= 4 is 16.8 Å². The molecule has 0 radical (unpaired) electrons. The van der Waals surface area contributed by atoms with E-state index >= 15 is 0 Å². The fourth-order valence-electron chi connectivity index (χ4n) is 3.33. The highest BCUT2D eigenvalue weighted by molar-refractivity contribution is 5.98. The van der Waals surface area contributed by atoms with E-state index < -0.39 is 0 Å². The maximum Gasteiger partial charge on any atom is 0.251 e. The van der Waals surface area contributed by atoms with E-state index in [2.05, 4.69) is 24.1 Å². The second-order valence-corrected chi connectivity index (χ2v) is 6.26. The van der Waals surface area contributed by atoms with Gasteiger partial charge in [-0.1, -0.05) is 13.8 Å². The maximum absolute atomic E-state index is 12.4. The predicted octanol–water partition coefficient (Wildman–Crippen LogP) is 3.72. The number of amides is 1. The largest absolute Gasteiger partial charge is 0.361 e. The summed E-state index contributed by atoms with van der Waals surface area (Å²) in [5.74, 6) is 1.41. The number of carbonyl (C=O) groups excluding carboxylic acids is 1. The van der Waals surface area contributed by atoms with E-state index in [1.54, 1.807) is 0 Å². The predicted molar refractivity (Wildman–Crippen MR) is 81.7 cm³/mol. The minimum Gasteiger partial charge on any atom is -0.361 e. The second-order valence-electron chi connectivity index (χ2n) is 6.26. The molecule has 3 nitrogen and oxygen atoms in total. The number of benzene rings is 1. The number of rotatable bonds is 2. The lowest BCUT2D eigenvalue weighted by Gasteiger charge is -2.33. The van der Waals surface area contributed by atoms with Gasteiger partial charge in [0.1, 0.15) is 0 Å². The van der Waals surface area contributed by atoms with Gasteiger partial charge in [0.15, 0.2) is 0 Å². The topological polar surface area (TPSA) is 44.9 Å². The van der Waals surface area contributed by atoms with Crippen molar-refractivity contribution in [2.75, 3.05) is 0 Å². The average molecular weight is 270 g/mol. The van der Waals surface area contributed by atoms with Crippen LogP contribution in [0.3, 0.4) is 0 Å². The summed E-state index contributed by atoms with van der Waals surface area (Å²) in [6, 6.07) is 8.13. The third-order valence-electron chi connectivity index (χ3n) is 4.56. The SMILES string of the molecule is CC1CCC(NC(=O)c2ccc3[nH]ccc3c2)C(C)C1. The Labute approximate surface area is 119 Å². The van der Waals surface area contributed by atoms with Crippen molar-refractivity contribution in [3.05, 3.63) is 36.0 Å². The Morgan fingerprint density at radius 3 is 2.90 bits per heavy atom. The zero-order valence-corrected chi connectivity index (χ0v) is 12.1. The summed E-state index contributed by atoms with van der Waals surface area (Å²) in [6.45, 7) is 4.55. The van der Waals surface area contributed by atoms with Crippen LogP contribution in [0.2, 0.25) is 0 Å². The summed E-state index contributed by atoms with van der Waals surface area (Å²) >= 11 is 0. The summed E-state index contributed by atoms with van der Waals surface area (Å²) in [4.78, 5) is 15.5. The Hall–Kier alpha value is -1.77. The fraction of sp³-hybridized carbons (Fsp3) is 0.471. The van der Waals surface area contributed by atoms with E-state index in [0.29, 0.717) is 12.0 Å². The lowest BCUT2D eigenvalue weighted by Crippen LogP contribution is -2.42. The smallest absolute Gasteiger partial charge is 0.251 e. The normalized spacial score (nSPS) is 26.6. The Bertz CT molecular complexity index is 616. The van der Waals surface area contributed by atoms with E-state index in [-0.39, 0.29) is 5.91 Å². The van der Waals surface area contributed by atoms with E-state index in [1.165, 1.54) is 12.8 Å². The summed E-state index contributed by atoms with van der Waals surface area (Å²) in [6.07, 6.45) is 5.42. The van der Waals surface area contributed by atoms with Gasteiger partial charge in [-0.2, -0.15) is 0 Å². The van der Waals surface area contributed by atoms with Crippen LogP contribution >= 0.6 is 0 Å². The summed E-state index contributed by atoms with van der Waals surface area (Å²) < 4.78 is 0. The fourth-order valence-corrected chi connectivity index (χ4v) is 3.33. The van der Waals surface area contributed by atoms with Gasteiger partial charge < -0.3 is 10.3 Å². The van der Waals surface area contributed by atoms with Crippen molar-refractivity contribution in [3.8, 4) is 0 Å². The van der Waals surface area contributed by atoms with Gasteiger partial charge >= 0.3 is 0 Å². The van der Waals surface area contributed by atoms with Gasteiger partial charge in [-0.25, -0.2) is 0 Å². The molecule has 1 aliphatic carbocycles. The Kier molecular flexibility index (Phi) is 3.51. The minimum atomic E-state index is 0.0551. The van der Waals surface area contributed by atoms with Gasteiger partial charge in [-0.3, -0.25) is 4.79 Å². The molecule has 0 saturated heterocycles. The molecule has 20 heavy (non-hydrogen) atoms. The molecule has 3 heteroatoms. The van der Waals surface area contributed by atoms with Gasteiger partial charge in [-0.15, -0.1) is 0 Å². The molecule has 1 aromatic carbocycles. The first-order valence-electron chi connectivity index (χ1n) is 7.51. The van der Waals surface area contributed by atoms with E-state index in [1.807, 2.05) is 30.5 Å². The number of hydrogen-bond donors (Lipinski definition) is 2. The second kappa shape index (κ2) is 5.31. The molecule has 1 aliphatic rings. The van der Waals surface area contributed by atoms with E-state index in [4.69, 9.17) is 0 Å². The Balaban J connectivity index is 1.72. The molecule has 3 rings (SSSR count). The van der Waals surface area contributed by atoms with Gasteiger partial charge in [0.2, 0.25) is 0 Å². The number of carbonyl (C=O) groups is 1. The lowest BCUT2D eigenvalue weighted by molar-refractivity contribution is 0.0900. The Morgan fingerprint density at radius 2 is 2.10 bits per heavy atom. The summed E-state index contributed by atoms with van der Waals surface area (Å²) in [7, 11) is 0. The van der Waals surface area contributed by atoms with Crippen molar-refractivity contribution in [2.45, 2.75) is 39.2 Å².